The van der Waals surface area contributed by atoms with Crippen LogP contribution >= 0.6 is 23.2 Å². The fourth-order valence-corrected chi connectivity index (χ4v) is 1.48. The summed E-state index contributed by atoms with van der Waals surface area (Å²) in [5.74, 6) is -0.564. The highest BCUT2D eigenvalue weighted by atomic mass is 35.5. The summed E-state index contributed by atoms with van der Waals surface area (Å²) in [6, 6.07) is 4.13. The average Bonchev–Trinajstić information content (AvgIpc) is 2.25. The van der Waals surface area contributed by atoms with Crippen molar-refractivity contribution in [2.75, 3.05) is 12.4 Å². The summed E-state index contributed by atoms with van der Waals surface area (Å²) in [5.41, 5.74) is -0.120. The third-order valence-corrected chi connectivity index (χ3v) is 2.91. The first-order valence-electron chi connectivity index (χ1n) is 4.84. The standard InChI is InChI=1S/C11H12Cl2FNO/c1-7(5-12)6-15-11(16)10-8(13)3-2-4-9(10)14/h2-4,7H,5-6H2,1H3,(H,15,16). The number of benzene rings is 1. The molecule has 0 aromatic heterocycles. The van der Waals surface area contributed by atoms with Crippen molar-refractivity contribution in [1.29, 1.82) is 0 Å². The normalized spacial score (nSPS) is 12.2. The Kier molecular flexibility index (Phi) is 5.03. The van der Waals surface area contributed by atoms with Crippen LogP contribution < -0.4 is 5.32 Å². The van der Waals surface area contributed by atoms with E-state index in [2.05, 4.69) is 5.32 Å². The second-order valence-electron chi connectivity index (χ2n) is 3.57. The van der Waals surface area contributed by atoms with E-state index < -0.39 is 11.7 Å². The maximum absolute atomic E-state index is 13.3. The van der Waals surface area contributed by atoms with Gasteiger partial charge in [-0.15, -0.1) is 11.6 Å². The topological polar surface area (TPSA) is 29.1 Å². The lowest BCUT2D eigenvalue weighted by Gasteiger charge is -2.10. The Morgan fingerprint density at radius 2 is 2.25 bits per heavy atom. The van der Waals surface area contributed by atoms with Gasteiger partial charge >= 0.3 is 0 Å². The largest absolute Gasteiger partial charge is 0.352 e. The van der Waals surface area contributed by atoms with Crippen molar-refractivity contribution < 1.29 is 9.18 Å². The van der Waals surface area contributed by atoms with E-state index in [1.165, 1.54) is 18.2 Å². The minimum atomic E-state index is -0.622. The third kappa shape index (κ3) is 3.35. The number of rotatable bonds is 4. The first-order chi connectivity index (χ1) is 7.56. The molecule has 1 amide bonds. The smallest absolute Gasteiger partial charge is 0.255 e. The van der Waals surface area contributed by atoms with E-state index >= 15 is 0 Å². The second kappa shape index (κ2) is 6.06. The molecule has 0 saturated heterocycles. The molecular weight excluding hydrogens is 252 g/mol. The Morgan fingerprint density at radius 1 is 1.56 bits per heavy atom. The van der Waals surface area contributed by atoms with Crippen molar-refractivity contribution in [3.05, 3.63) is 34.6 Å². The van der Waals surface area contributed by atoms with Crippen molar-refractivity contribution in [1.82, 2.24) is 5.32 Å². The van der Waals surface area contributed by atoms with Crippen LogP contribution in [-0.4, -0.2) is 18.3 Å². The van der Waals surface area contributed by atoms with Crippen LogP contribution in [0.4, 0.5) is 4.39 Å². The van der Waals surface area contributed by atoms with Crippen LogP contribution in [0.5, 0.6) is 0 Å². The summed E-state index contributed by atoms with van der Waals surface area (Å²) in [7, 11) is 0. The summed E-state index contributed by atoms with van der Waals surface area (Å²) in [5, 5.41) is 2.69. The second-order valence-corrected chi connectivity index (χ2v) is 4.28. The first kappa shape index (κ1) is 13.3. The summed E-state index contributed by atoms with van der Waals surface area (Å²) < 4.78 is 13.3. The summed E-state index contributed by atoms with van der Waals surface area (Å²) in [4.78, 5) is 11.6. The highest BCUT2D eigenvalue weighted by Crippen LogP contribution is 2.18. The quantitative estimate of drug-likeness (QED) is 0.832. The molecule has 1 atom stereocenters. The molecule has 0 spiro atoms. The molecule has 0 radical (unpaired) electrons. The number of hydrogen-bond acceptors (Lipinski definition) is 1. The number of nitrogens with one attached hydrogen (secondary N) is 1. The number of amides is 1. The Hall–Kier alpha value is -0.800. The van der Waals surface area contributed by atoms with Crippen molar-refractivity contribution in [3.8, 4) is 0 Å². The molecule has 0 saturated carbocycles. The molecule has 5 heteroatoms. The molecule has 16 heavy (non-hydrogen) atoms. The lowest BCUT2D eigenvalue weighted by Crippen LogP contribution is -2.29. The molecule has 0 fully saturated rings. The van der Waals surface area contributed by atoms with Gasteiger partial charge in [0.25, 0.3) is 5.91 Å². The van der Waals surface area contributed by atoms with Crippen LogP contribution in [0.25, 0.3) is 0 Å². The van der Waals surface area contributed by atoms with Gasteiger partial charge in [-0.2, -0.15) is 0 Å². The molecule has 0 aliphatic carbocycles. The minimum Gasteiger partial charge on any atom is -0.352 e. The Bertz CT molecular complexity index is 364. The average molecular weight is 264 g/mol. The zero-order valence-electron chi connectivity index (χ0n) is 8.77. The van der Waals surface area contributed by atoms with Gasteiger partial charge in [0.2, 0.25) is 0 Å². The van der Waals surface area contributed by atoms with E-state index in [0.29, 0.717) is 12.4 Å². The molecule has 1 rings (SSSR count). The summed E-state index contributed by atoms with van der Waals surface area (Å²) in [6.45, 7) is 2.28. The lowest BCUT2D eigenvalue weighted by molar-refractivity contribution is 0.0945. The predicted molar refractivity (Wildman–Crippen MR) is 63.6 cm³/mol. The zero-order chi connectivity index (χ0) is 12.1. The van der Waals surface area contributed by atoms with Crippen molar-refractivity contribution in [2.45, 2.75) is 6.92 Å². The molecule has 2 nitrogen and oxygen atoms in total. The number of alkyl halides is 1. The number of carbonyl (C=O) groups is 1. The van der Waals surface area contributed by atoms with E-state index in [1.54, 1.807) is 0 Å². The van der Waals surface area contributed by atoms with Gasteiger partial charge in [0.1, 0.15) is 5.82 Å². The van der Waals surface area contributed by atoms with Gasteiger partial charge in [-0.25, -0.2) is 4.39 Å². The van der Waals surface area contributed by atoms with Crippen LogP contribution in [-0.2, 0) is 0 Å². The Morgan fingerprint density at radius 3 is 2.81 bits per heavy atom. The van der Waals surface area contributed by atoms with Gasteiger partial charge in [0.05, 0.1) is 10.6 Å². The van der Waals surface area contributed by atoms with Crippen molar-refractivity contribution in [2.24, 2.45) is 5.92 Å². The first-order valence-corrected chi connectivity index (χ1v) is 5.75. The summed E-state index contributed by atoms with van der Waals surface area (Å²) in [6.07, 6.45) is 0. The van der Waals surface area contributed by atoms with Crippen LogP contribution in [0.2, 0.25) is 5.02 Å². The third-order valence-electron chi connectivity index (χ3n) is 2.06. The molecule has 1 aromatic rings. The number of hydrogen-bond donors (Lipinski definition) is 1. The maximum atomic E-state index is 13.3. The van der Waals surface area contributed by atoms with Gasteiger partial charge in [-0.05, 0) is 18.1 Å². The van der Waals surface area contributed by atoms with Crippen LogP contribution in [0.1, 0.15) is 17.3 Å². The lowest BCUT2D eigenvalue weighted by atomic mass is 10.1. The monoisotopic (exact) mass is 263 g/mol. The molecule has 0 aliphatic rings. The van der Waals surface area contributed by atoms with Gasteiger partial charge in [-0.1, -0.05) is 24.6 Å². The molecule has 1 N–H and O–H groups in total. The molecule has 0 aliphatic heterocycles. The predicted octanol–water partition coefficient (Wildman–Crippen LogP) is 3.08. The zero-order valence-corrected chi connectivity index (χ0v) is 10.3. The molecule has 1 unspecified atom stereocenters. The van der Waals surface area contributed by atoms with Crippen LogP contribution in [0.3, 0.4) is 0 Å². The van der Waals surface area contributed by atoms with Crippen molar-refractivity contribution >= 4 is 29.1 Å². The van der Waals surface area contributed by atoms with Crippen LogP contribution in [0.15, 0.2) is 18.2 Å². The number of carbonyl (C=O) groups excluding carboxylic acids is 1. The summed E-state index contributed by atoms with van der Waals surface area (Å²) >= 11 is 11.3. The van der Waals surface area contributed by atoms with Gasteiger partial charge in [-0.3, -0.25) is 4.79 Å². The number of halogens is 3. The van der Waals surface area contributed by atoms with E-state index in [-0.39, 0.29) is 16.5 Å². The molecule has 88 valence electrons. The molecular formula is C11H12Cl2FNO. The Balaban J connectivity index is 2.73. The molecule has 0 heterocycles. The van der Waals surface area contributed by atoms with E-state index in [9.17, 15) is 9.18 Å². The van der Waals surface area contributed by atoms with Crippen molar-refractivity contribution in [3.63, 3.8) is 0 Å². The minimum absolute atomic E-state index is 0.107. The highest BCUT2D eigenvalue weighted by Gasteiger charge is 2.15. The van der Waals surface area contributed by atoms with Gasteiger partial charge in [0.15, 0.2) is 0 Å². The fourth-order valence-electron chi connectivity index (χ4n) is 1.12. The van der Waals surface area contributed by atoms with E-state index in [1.807, 2.05) is 6.92 Å². The SMILES string of the molecule is CC(CCl)CNC(=O)c1c(F)cccc1Cl. The molecule has 0 bridgehead atoms. The van der Waals surface area contributed by atoms with Gasteiger partial charge in [0, 0.05) is 12.4 Å². The van der Waals surface area contributed by atoms with E-state index in [0.717, 1.165) is 0 Å². The van der Waals surface area contributed by atoms with Gasteiger partial charge < -0.3 is 5.32 Å². The highest BCUT2D eigenvalue weighted by molar-refractivity contribution is 6.33. The Labute approximate surface area is 104 Å². The van der Waals surface area contributed by atoms with Crippen LogP contribution in [0, 0.1) is 11.7 Å². The maximum Gasteiger partial charge on any atom is 0.255 e. The fraction of sp³-hybridized carbons (Fsp3) is 0.364. The van der Waals surface area contributed by atoms with E-state index in [4.69, 9.17) is 23.2 Å². The molecule has 1 aromatic carbocycles.